The van der Waals surface area contributed by atoms with Crippen molar-refractivity contribution in [1.82, 2.24) is 4.98 Å². The van der Waals surface area contributed by atoms with Crippen molar-refractivity contribution in [3.05, 3.63) is 163 Å². The highest BCUT2D eigenvalue weighted by Crippen LogP contribution is 2.44. The van der Waals surface area contributed by atoms with Gasteiger partial charge in [0.2, 0.25) is 0 Å². The van der Waals surface area contributed by atoms with Crippen molar-refractivity contribution in [2.75, 3.05) is 0 Å². The van der Waals surface area contributed by atoms with E-state index >= 15 is 0 Å². The number of thiazole rings is 1. The molecule has 8 aromatic carbocycles. The van der Waals surface area contributed by atoms with Crippen molar-refractivity contribution in [2.45, 2.75) is 0 Å². The van der Waals surface area contributed by atoms with Gasteiger partial charge in [0.1, 0.15) is 5.01 Å². The maximum absolute atomic E-state index is 14.5. The van der Waals surface area contributed by atoms with Crippen LogP contribution in [0.1, 0.15) is 0 Å². The first kappa shape index (κ1) is 28.4. The quantitative estimate of drug-likeness (QED) is 0.137. The number of para-hydroxylation sites is 1. The summed E-state index contributed by atoms with van der Waals surface area (Å²) >= 11 is 1.70. The second-order valence-electron chi connectivity index (χ2n) is 11.9. The van der Waals surface area contributed by atoms with Crippen LogP contribution in [0.15, 0.2) is 146 Å². The second kappa shape index (κ2) is 11.2. The number of fused-ring (bicyclic) bond motifs is 4. The summed E-state index contributed by atoms with van der Waals surface area (Å²) in [6.07, 6.45) is 0. The molecule has 0 fully saturated rings. The van der Waals surface area contributed by atoms with E-state index in [-0.39, 0.29) is 0 Å². The minimum atomic E-state index is -1.47. The zero-order chi connectivity index (χ0) is 32.4. The van der Waals surface area contributed by atoms with Gasteiger partial charge < -0.3 is 0 Å². The molecule has 228 valence electrons. The fourth-order valence-electron chi connectivity index (χ4n) is 6.83. The smallest absolute Gasteiger partial charge is 0.194 e. The second-order valence-corrected chi connectivity index (χ2v) is 13.0. The Balaban J connectivity index is 1.14. The summed E-state index contributed by atoms with van der Waals surface area (Å²) in [6, 6.07) is 47.6. The number of halogens is 3. The number of hydrogen-bond acceptors (Lipinski definition) is 2. The molecule has 0 saturated heterocycles. The van der Waals surface area contributed by atoms with E-state index in [4.69, 9.17) is 4.98 Å². The van der Waals surface area contributed by atoms with E-state index in [0.29, 0.717) is 11.1 Å². The summed E-state index contributed by atoms with van der Waals surface area (Å²) in [5, 5.41) is 6.79. The Hall–Kier alpha value is -5.78. The molecule has 48 heavy (non-hydrogen) atoms. The fourth-order valence-corrected chi connectivity index (χ4v) is 7.80. The van der Waals surface area contributed by atoms with Crippen LogP contribution in [0.5, 0.6) is 0 Å². The van der Waals surface area contributed by atoms with Gasteiger partial charge in [0.15, 0.2) is 17.5 Å². The SMILES string of the molecule is Fc1cc(-c2c3ccccc3c(-c3ccc4cc(-c5ccc(-c6nc7ccccc7s6)cc5)ccc4c3)c3ccccc23)cc(F)c1F. The van der Waals surface area contributed by atoms with Crippen LogP contribution in [0.4, 0.5) is 13.2 Å². The molecule has 9 aromatic rings. The van der Waals surface area contributed by atoms with E-state index in [1.165, 1.54) is 4.70 Å². The van der Waals surface area contributed by atoms with Gasteiger partial charge in [-0.05, 0) is 102 Å². The van der Waals surface area contributed by atoms with Crippen LogP contribution in [-0.2, 0) is 0 Å². The standard InChI is InChI=1S/C43H24F3NS/c44-36-23-31(24-37(45)42(36)46)41-34-9-3-1-7-32(34)40(33-8-2-4-10-35(33)41)30-20-19-28-21-27(17-18-29(28)22-30)25-13-15-26(16-14-25)43-47-38-11-5-6-12-39(38)48-43/h1-24H. The zero-order valence-electron chi connectivity index (χ0n) is 25.3. The third-order valence-corrected chi connectivity index (χ3v) is 10.2. The molecule has 9 rings (SSSR count). The van der Waals surface area contributed by atoms with Crippen molar-refractivity contribution in [1.29, 1.82) is 0 Å². The largest absolute Gasteiger partial charge is 0.236 e. The van der Waals surface area contributed by atoms with E-state index in [9.17, 15) is 13.2 Å². The Kier molecular flexibility index (Phi) is 6.63. The molecule has 0 bridgehead atoms. The van der Waals surface area contributed by atoms with Crippen LogP contribution in [0.3, 0.4) is 0 Å². The van der Waals surface area contributed by atoms with Gasteiger partial charge in [0.05, 0.1) is 10.2 Å². The molecule has 0 aliphatic heterocycles. The van der Waals surface area contributed by atoms with Gasteiger partial charge in [-0.25, -0.2) is 18.2 Å². The average molecular weight is 644 g/mol. The maximum atomic E-state index is 14.5. The molecule has 0 saturated carbocycles. The molecule has 0 aliphatic carbocycles. The van der Waals surface area contributed by atoms with E-state index in [0.717, 1.165) is 82.8 Å². The zero-order valence-corrected chi connectivity index (χ0v) is 26.2. The molecule has 1 heterocycles. The lowest BCUT2D eigenvalue weighted by Gasteiger charge is -2.18. The summed E-state index contributed by atoms with van der Waals surface area (Å²) in [6.45, 7) is 0. The molecule has 0 N–H and O–H groups in total. The van der Waals surface area contributed by atoms with Crippen molar-refractivity contribution < 1.29 is 13.2 Å². The molecule has 5 heteroatoms. The number of rotatable bonds is 4. The lowest BCUT2D eigenvalue weighted by Crippen LogP contribution is -1.95. The third-order valence-electron chi connectivity index (χ3n) is 9.09. The topological polar surface area (TPSA) is 12.9 Å². The fraction of sp³-hybridized carbons (Fsp3) is 0. The number of hydrogen-bond donors (Lipinski definition) is 0. The van der Waals surface area contributed by atoms with Crippen molar-refractivity contribution >= 4 is 53.9 Å². The maximum Gasteiger partial charge on any atom is 0.194 e. The molecular formula is C43H24F3NS. The molecule has 1 nitrogen and oxygen atoms in total. The van der Waals surface area contributed by atoms with Gasteiger partial charge in [0.25, 0.3) is 0 Å². The number of nitrogens with zero attached hydrogens (tertiary/aromatic N) is 1. The number of aromatic nitrogens is 1. The van der Waals surface area contributed by atoms with E-state index in [1.54, 1.807) is 11.3 Å². The van der Waals surface area contributed by atoms with Crippen LogP contribution >= 0.6 is 11.3 Å². The highest BCUT2D eigenvalue weighted by Gasteiger charge is 2.19. The van der Waals surface area contributed by atoms with Gasteiger partial charge >= 0.3 is 0 Å². The highest BCUT2D eigenvalue weighted by atomic mass is 32.1. The van der Waals surface area contributed by atoms with Crippen molar-refractivity contribution in [3.8, 4) is 44.0 Å². The minimum Gasteiger partial charge on any atom is -0.236 e. The van der Waals surface area contributed by atoms with Gasteiger partial charge in [-0.1, -0.05) is 109 Å². The predicted molar refractivity (Wildman–Crippen MR) is 194 cm³/mol. The molecule has 0 aliphatic rings. The Morgan fingerprint density at radius 1 is 0.417 bits per heavy atom. The van der Waals surface area contributed by atoms with E-state index in [1.807, 2.05) is 66.7 Å². The Morgan fingerprint density at radius 3 is 1.50 bits per heavy atom. The summed E-state index contributed by atoms with van der Waals surface area (Å²) in [7, 11) is 0. The van der Waals surface area contributed by atoms with Crippen LogP contribution in [0.25, 0.3) is 86.5 Å². The summed E-state index contributed by atoms with van der Waals surface area (Å²) < 4.78 is 44.1. The highest BCUT2D eigenvalue weighted by molar-refractivity contribution is 7.21. The van der Waals surface area contributed by atoms with Crippen LogP contribution < -0.4 is 0 Å². The molecular weight excluding hydrogens is 620 g/mol. The Bertz CT molecular complexity index is 2600. The minimum absolute atomic E-state index is 0.296. The molecule has 0 atom stereocenters. The Labute approximate surface area is 278 Å². The lowest BCUT2D eigenvalue weighted by molar-refractivity contribution is 0.448. The van der Waals surface area contributed by atoms with Gasteiger partial charge in [0, 0.05) is 5.56 Å². The van der Waals surface area contributed by atoms with Crippen LogP contribution in [0, 0.1) is 17.5 Å². The predicted octanol–water partition coefficient (Wildman–Crippen LogP) is 12.8. The lowest BCUT2D eigenvalue weighted by atomic mass is 9.85. The van der Waals surface area contributed by atoms with Gasteiger partial charge in [-0.2, -0.15) is 0 Å². The van der Waals surface area contributed by atoms with Crippen molar-refractivity contribution in [3.63, 3.8) is 0 Å². The summed E-state index contributed by atoms with van der Waals surface area (Å²) in [4.78, 5) is 4.80. The monoisotopic (exact) mass is 643 g/mol. The first-order chi connectivity index (χ1) is 23.5. The molecule has 0 radical (unpaired) electrons. The van der Waals surface area contributed by atoms with E-state index in [2.05, 4.69) is 66.7 Å². The van der Waals surface area contributed by atoms with Crippen LogP contribution in [0.2, 0.25) is 0 Å². The van der Waals surface area contributed by atoms with Gasteiger partial charge in [-0.15, -0.1) is 11.3 Å². The Morgan fingerprint density at radius 2 is 0.896 bits per heavy atom. The third kappa shape index (κ3) is 4.66. The molecule has 0 unspecified atom stereocenters. The van der Waals surface area contributed by atoms with Crippen LogP contribution in [-0.4, -0.2) is 4.98 Å². The summed E-state index contributed by atoms with van der Waals surface area (Å²) in [5.74, 6) is -3.88. The molecule has 0 spiro atoms. The van der Waals surface area contributed by atoms with Crippen molar-refractivity contribution in [2.24, 2.45) is 0 Å². The van der Waals surface area contributed by atoms with Gasteiger partial charge in [-0.3, -0.25) is 0 Å². The first-order valence-electron chi connectivity index (χ1n) is 15.6. The molecule has 1 aromatic heterocycles. The number of benzene rings is 8. The normalized spacial score (nSPS) is 11.6. The summed E-state index contributed by atoms with van der Waals surface area (Å²) in [5.41, 5.74) is 7.41. The molecule has 0 amide bonds. The first-order valence-corrected chi connectivity index (χ1v) is 16.4. The van der Waals surface area contributed by atoms with E-state index < -0.39 is 17.5 Å². The average Bonchev–Trinajstić information content (AvgIpc) is 3.57.